The zero-order chi connectivity index (χ0) is 16.2. The predicted molar refractivity (Wildman–Crippen MR) is 82.3 cm³/mol. The van der Waals surface area contributed by atoms with Crippen LogP contribution in [0.25, 0.3) is 0 Å². The van der Waals surface area contributed by atoms with Crippen molar-refractivity contribution in [2.24, 2.45) is 11.3 Å². The second-order valence-electron chi connectivity index (χ2n) is 6.77. The number of rotatable bonds is 6. The van der Waals surface area contributed by atoms with Crippen LogP contribution < -0.4 is 5.32 Å². The highest BCUT2D eigenvalue weighted by Crippen LogP contribution is 2.46. The molecule has 0 radical (unpaired) electrons. The van der Waals surface area contributed by atoms with Gasteiger partial charge in [-0.2, -0.15) is 0 Å². The number of hydrogen-bond acceptors (Lipinski definition) is 3. The van der Waals surface area contributed by atoms with Crippen molar-refractivity contribution >= 4 is 12.1 Å². The molecule has 0 aliphatic heterocycles. The van der Waals surface area contributed by atoms with Gasteiger partial charge in [0.2, 0.25) is 0 Å². The molecule has 0 aromatic heterocycles. The van der Waals surface area contributed by atoms with Crippen molar-refractivity contribution < 1.29 is 19.4 Å². The number of carbonyl (C=O) groups is 2. The molecule has 0 heterocycles. The smallest absolute Gasteiger partial charge is 0.408 e. The van der Waals surface area contributed by atoms with Gasteiger partial charge in [0, 0.05) is 0 Å². The Kier molecular flexibility index (Phi) is 5.06. The highest BCUT2D eigenvalue weighted by molar-refractivity contribution is 5.79. The number of aliphatic carboxylic acids is 1. The van der Waals surface area contributed by atoms with Crippen LogP contribution in [0.1, 0.15) is 38.7 Å². The molecule has 0 bridgehead atoms. The first-order valence-corrected chi connectivity index (χ1v) is 7.56. The fraction of sp³-hybridized carbons (Fsp3) is 0.529. The van der Waals surface area contributed by atoms with Crippen LogP contribution in [0.5, 0.6) is 0 Å². The van der Waals surface area contributed by atoms with Crippen LogP contribution in [0.4, 0.5) is 4.79 Å². The van der Waals surface area contributed by atoms with Gasteiger partial charge in [0.25, 0.3) is 0 Å². The van der Waals surface area contributed by atoms with Crippen LogP contribution in [-0.2, 0) is 16.1 Å². The van der Waals surface area contributed by atoms with Crippen molar-refractivity contribution in [3.05, 3.63) is 35.9 Å². The molecule has 22 heavy (non-hydrogen) atoms. The summed E-state index contributed by atoms with van der Waals surface area (Å²) >= 11 is 0. The summed E-state index contributed by atoms with van der Waals surface area (Å²) in [5.41, 5.74) is 1.16. The monoisotopic (exact) mass is 305 g/mol. The van der Waals surface area contributed by atoms with Gasteiger partial charge in [0.15, 0.2) is 0 Å². The van der Waals surface area contributed by atoms with E-state index in [1.165, 1.54) is 0 Å². The lowest BCUT2D eigenvalue weighted by Gasteiger charge is -2.43. The molecule has 1 atom stereocenters. The first-order chi connectivity index (χ1) is 10.4. The molecule has 120 valence electrons. The zero-order valence-electron chi connectivity index (χ0n) is 13.0. The van der Waals surface area contributed by atoms with Crippen LogP contribution in [0.2, 0.25) is 0 Å². The van der Waals surface area contributed by atoms with Crippen molar-refractivity contribution in [2.45, 2.75) is 45.8 Å². The van der Waals surface area contributed by atoms with Gasteiger partial charge < -0.3 is 15.2 Å². The van der Waals surface area contributed by atoms with Crippen molar-refractivity contribution in [1.82, 2.24) is 5.32 Å². The molecule has 1 amide bonds. The molecule has 0 unspecified atom stereocenters. The third kappa shape index (κ3) is 4.76. The number of alkyl carbamates (subject to hydrolysis) is 1. The molecule has 5 nitrogen and oxygen atoms in total. The molecule has 1 aliphatic rings. The number of carboxylic acids is 1. The third-order valence-electron chi connectivity index (χ3n) is 4.05. The minimum absolute atomic E-state index is 0.134. The summed E-state index contributed by atoms with van der Waals surface area (Å²) < 4.78 is 5.07. The van der Waals surface area contributed by atoms with Crippen LogP contribution in [-0.4, -0.2) is 23.2 Å². The fourth-order valence-corrected chi connectivity index (χ4v) is 3.13. The molecule has 0 spiro atoms. The second kappa shape index (κ2) is 6.81. The molecule has 1 fully saturated rings. The van der Waals surface area contributed by atoms with Crippen LogP contribution in [0.15, 0.2) is 30.3 Å². The maximum Gasteiger partial charge on any atom is 0.408 e. The molecule has 1 aromatic rings. The van der Waals surface area contributed by atoms with Gasteiger partial charge >= 0.3 is 12.1 Å². The average molecular weight is 305 g/mol. The Morgan fingerprint density at radius 1 is 1.32 bits per heavy atom. The first-order valence-electron chi connectivity index (χ1n) is 7.56. The summed E-state index contributed by atoms with van der Waals surface area (Å²) in [6.07, 6.45) is 1.77. The summed E-state index contributed by atoms with van der Waals surface area (Å²) in [5, 5.41) is 11.7. The molecule has 0 saturated heterocycles. The Bertz CT molecular complexity index is 519. The number of carboxylic acid groups (broad SMARTS) is 1. The SMILES string of the molecule is CC1(C)CC(C[C@H](NC(=O)OCc2ccccc2)C(=O)O)C1. The lowest BCUT2D eigenvalue weighted by atomic mass is 9.63. The molecular formula is C17H23NO4. The molecule has 1 saturated carbocycles. The zero-order valence-corrected chi connectivity index (χ0v) is 13.0. The van der Waals surface area contributed by atoms with E-state index < -0.39 is 18.1 Å². The molecule has 2 N–H and O–H groups in total. The standard InChI is InChI=1S/C17H23NO4/c1-17(2)9-13(10-17)8-14(15(19)20)18-16(21)22-11-12-6-4-3-5-7-12/h3-7,13-14H,8-11H2,1-2H3,(H,18,21)(H,19,20)/t14-/m0/s1. The van der Waals surface area contributed by atoms with Gasteiger partial charge in [0.05, 0.1) is 0 Å². The van der Waals surface area contributed by atoms with E-state index >= 15 is 0 Å². The molecule has 1 aromatic carbocycles. The van der Waals surface area contributed by atoms with Gasteiger partial charge in [-0.25, -0.2) is 9.59 Å². The Morgan fingerprint density at radius 3 is 2.50 bits per heavy atom. The lowest BCUT2D eigenvalue weighted by Crippen LogP contribution is -2.45. The quantitative estimate of drug-likeness (QED) is 0.846. The van der Waals surface area contributed by atoms with Crippen molar-refractivity contribution in [3.63, 3.8) is 0 Å². The van der Waals surface area contributed by atoms with E-state index in [1.54, 1.807) is 0 Å². The predicted octanol–water partition coefficient (Wildman–Crippen LogP) is 3.19. The second-order valence-corrected chi connectivity index (χ2v) is 6.77. The maximum absolute atomic E-state index is 11.7. The Labute approximate surface area is 130 Å². The van der Waals surface area contributed by atoms with E-state index in [2.05, 4.69) is 19.2 Å². The molecule has 5 heteroatoms. The van der Waals surface area contributed by atoms with Crippen molar-refractivity contribution in [2.75, 3.05) is 0 Å². The fourth-order valence-electron chi connectivity index (χ4n) is 3.13. The average Bonchev–Trinajstić information content (AvgIpc) is 2.43. The number of carbonyl (C=O) groups excluding carboxylic acids is 1. The first kappa shape index (κ1) is 16.3. The van der Waals surface area contributed by atoms with Crippen molar-refractivity contribution in [1.29, 1.82) is 0 Å². The summed E-state index contributed by atoms with van der Waals surface area (Å²) in [5.74, 6) is -0.660. The molecule has 1 aliphatic carbocycles. The maximum atomic E-state index is 11.7. The van der Waals surface area contributed by atoms with Gasteiger partial charge in [-0.3, -0.25) is 0 Å². The third-order valence-corrected chi connectivity index (χ3v) is 4.05. The summed E-state index contributed by atoms with van der Waals surface area (Å²) in [7, 11) is 0. The van der Waals surface area contributed by atoms with Crippen molar-refractivity contribution in [3.8, 4) is 0 Å². The van der Waals surface area contributed by atoms with E-state index in [1.807, 2.05) is 30.3 Å². The van der Waals surface area contributed by atoms with E-state index in [0.717, 1.165) is 18.4 Å². The number of amides is 1. The topological polar surface area (TPSA) is 75.6 Å². The van der Waals surface area contributed by atoms with Crippen LogP contribution >= 0.6 is 0 Å². The number of ether oxygens (including phenoxy) is 1. The largest absolute Gasteiger partial charge is 0.480 e. The number of nitrogens with one attached hydrogen (secondary N) is 1. The number of hydrogen-bond donors (Lipinski definition) is 2. The van der Waals surface area contributed by atoms with E-state index in [0.29, 0.717) is 17.8 Å². The Morgan fingerprint density at radius 2 is 1.95 bits per heavy atom. The molecular weight excluding hydrogens is 282 g/mol. The summed E-state index contributed by atoms with van der Waals surface area (Å²) in [4.78, 5) is 23.0. The summed E-state index contributed by atoms with van der Waals surface area (Å²) in [6, 6.07) is 8.40. The summed E-state index contributed by atoms with van der Waals surface area (Å²) in [6.45, 7) is 4.47. The van der Waals surface area contributed by atoms with Gasteiger partial charge in [-0.15, -0.1) is 0 Å². The number of benzene rings is 1. The van der Waals surface area contributed by atoms with Crippen LogP contribution in [0.3, 0.4) is 0 Å². The minimum Gasteiger partial charge on any atom is -0.480 e. The van der Waals surface area contributed by atoms with Gasteiger partial charge in [-0.1, -0.05) is 44.2 Å². The van der Waals surface area contributed by atoms with Crippen LogP contribution in [0, 0.1) is 11.3 Å². The minimum atomic E-state index is -1.01. The Hall–Kier alpha value is -2.04. The van der Waals surface area contributed by atoms with E-state index in [9.17, 15) is 14.7 Å². The molecule has 2 rings (SSSR count). The highest BCUT2D eigenvalue weighted by Gasteiger charge is 2.38. The van der Waals surface area contributed by atoms with Gasteiger partial charge in [0.1, 0.15) is 12.6 Å². The highest BCUT2D eigenvalue weighted by atomic mass is 16.5. The Balaban J connectivity index is 1.78. The lowest BCUT2D eigenvalue weighted by molar-refractivity contribution is -0.140. The normalized spacial score (nSPS) is 18.1. The van der Waals surface area contributed by atoms with E-state index in [-0.39, 0.29) is 6.61 Å². The van der Waals surface area contributed by atoms with E-state index in [4.69, 9.17) is 4.74 Å². The van der Waals surface area contributed by atoms with Gasteiger partial charge in [-0.05, 0) is 36.2 Å².